The third-order valence-corrected chi connectivity index (χ3v) is 2.83. The van der Waals surface area contributed by atoms with Gasteiger partial charge in [-0.1, -0.05) is 34.8 Å². The summed E-state index contributed by atoms with van der Waals surface area (Å²) in [6.45, 7) is -0.370. The van der Waals surface area contributed by atoms with Crippen molar-refractivity contribution < 1.29 is 14.3 Å². The van der Waals surface area contributed by atoms with Crippen LogP contribution in [0.5, 0.6) is 5.75 Å². The molecule has 1 rings (SSSR count). The Morgan fingerprint density at radius 3 is 2.39 bits per heavy atom. The van der Waals surface area contributed by atoms with Gasteiger partial charge in [0.25, 0.3) is 5.91 Å². The maximum atomic E-state index is 11.2. The van der Waals surface area contributed by atoms with Crippen LogP contribution in [-0.2, 0) is 4.79 Å². The first-order valence-electron chi connectivity index (χ1n) is 4.73. The number of carbonyl (C=O) groups excluding carboxylic acids is 2. The second-order valence-corrected chi connectivity index (χ2v) is 4.33. The number of urea groups is 1. The van der Waals surface area contributed by atoms with Crippen LogP contribution in [0.3, 0.4) is 0 Å². The molecule has 0 saturated heterocycles. The maximum absolute atomic E-state index is 11.2. The fourth-order valence-corrected chi connectivity index (χ4v) is 1.57. The van der Waals surface area contributed by atoms with Gasteiger partial charge in [0.15, 0.2) is 6.61 Å². The third kappa shape index (κ3) is 4.25. The smallest absolute Gasteiger partial charge is 0.321 e. The number of amides is 3. The van der Waals surface area contributed by atoms with Gasteiger partial charge in [0.1, 0.15) is 5.75 Å². The summed E-state index contributed by atoms with van der Waals surface area (Å²) in [7, 11) is 1.39. The summed E-state index contributed by atoms with van der Waals surface area (Å²) in [5, 5.41) is 5.01. The highest BCUT2D eigenvalue weighted by Gasteiger charge is 2.10. The predicted octanol–water partition coefficient (Wildman–Crippen LogP) is 2.48. The molecule has 1 aromatic rings. The SMILES string of the molecule is CNC(=O)NC(=O)COc1cc(Cl)c(Cl)cc1Cl. The van der Waals surface area contributed by atoms with Gasteiger partial charge in [0.2, 0.25) is 0 Å². The van der Waals surface area contributed by atoms with E-state index in [1.165, 1.54) is 19.2 Å². The zero-order valence-corrected chi connectivity index (χ0v) is 11.5. The molecule has 0 aliphatic heterocycles. The van der Waals surface area contributed by atoms with Crippen LogP contribution < -0.4 is 15.4 Å². The first-order chi connectivity index (χ1) is 8.43. The molecule has 0 aliphatic carbocycles. The van der Waals surface area contributed by atoms with Gasteiger partial charge in [-0.3, -0.25) is 10.1 Å². The largest absolute Gasteiger partial charge is 0.482 e. The minimum absolute atomic E-state index is 0.207. The van der Waals surface area contributed by atoms with E-state index in [9.17, 15) is 9.59 Å². The van der Waals surface area contributed by atoms with Gasteiger partial charge in [-0.15, -0.1) is 0 Å². The highest BCUT2D eigenvalue weighted by molar-refractivity contribution is 6.43. The van der Waals surface area contributed by atoms with Crippen LogP contribution in [0.15, 0.2) is 12.1 Å². The monoisotopic (exact) mass is 310 g/mol. The fourth-order valence-electron chi connectivity index (χ4n) is 0.983. The second-order valence-electron chi connectivity index (χ2n) is 3.11. The van der Waals surface area contributed by atoms with E-state index in [0.29, 0.717) is 0 Å². The van der Waals surface area contributed by atoms with E-state index in [1.54, 1.807) is 0 Å². The topological polar surface area (TPSA) is 67.4 Å². The van der Waals surface area contributed by atoms with E-state index in [0.717, 1.165) is 0 Å². The molecule has 1 aromatic carbocycles. The molecule has 0 radical (unpaired) electrons. The summed E-state index contributed by atoms with van der Waals surface area (Å²) < 4.78 is 5.11. The first kappa shape index (κ1) is 14.9. The Bertz CT molecular complexity index is 480. The second kappa shape index (κ2) is 6.68. The van der Waals surface area contributed by atoms with Crippen molar-refractivity contribution in [3.05, 3.63) is 27.2 Å². The summed E-state index contributed by atoms with van der Waals surface area (Å²) in [6.07, 6.45) is 0. The summed E-state index contributed by atoms with van der Waals surface area (Å²) in [6, 6.07) is 2.17. The quantitative estimate of drug-likeness (QED) is 0.843. The zero-order chi connectivity index (χ0) is 13.7. The minimum atomic E-state index is -0.621. The molecule has 0 heterocycles. The van der Waals surface area contributed by atoms with Gasteiger partial charge in [-0.2, -0.15) is 0 Å². The number of halogens is 3. The molecule has 98 valence electrons. The molecular weight excluding hydrogens is 302 g/mol. The van der Waals surface area contributed by atoms with Crippen LogP contribution in [-0.4, -0.2) is 25.6 Å². The van der Waals surface area contributed by atoms with Crippen LogP contribution >= 0.6 is 34.8 Å². The molecule has 0 fully saturated rings. The maximum Gasteiger partial charge on any atom is 0.321 e. The Hall–Kier alpha value is -1.17. The molecule has 0 unspecified atom stereocenters. The lowest BCUT2D eigenvalue weighted by Gasteiger charge is -2.09. The number of imide groups is 1. The Balaban J connectivity index is 2.61. The van der Waals surface area contributed by atoms with E-state index in [-0.39, 0.29) is 27.4 Å². The molecule has 0 aliphatic rings. The molecular formula is C10H9Cl3N2O3. The zero-order valence-electron chi connectivity index (χ0n) is 9.22. The summed E-state index contributed by atoms with van der Waals surface area (Å²) in [4.78, 5) is 22.1. The van der Waals surface area contributed by atoms with Crippen molar-refractivity contribution in [2.24, 2.45) is 0 Å². The fraction of sp³-hybridized carbons (Fsp3) is 0.200. The molecule has 0 bridgehead atoms. The number of carbonyl (C=O) groups is 2. The van der Waals surface area contributed by atoms with Crippen molar-refractivity contribution in [3.8, 4) is 5.75 Å². The van der Waals surface area contributed by atoms with E-state index in [4.69, 9.17) is 39.5 Å². The normalized spacial score (nSPS) is 9.78. The average Bonchev–Trinajstić information content (AvgIpc) is 2.32. The Kier molecular flexibility index (Phi) is 5.53. The van der Waals surface area contributed by atoms with Crippen molar-refractivity contribution in [1.82, 2.24) is 10.6 Å². The number of benzene rings is 1. The van der Waals surface area contributed by atoms with Crippen molar-refractivity contribution in [2.45, 2.75) is 0 Å². The van der Waals surface area contributed by atoms with Gasteiger partial charge in [0.05, 0.1) is 15.1 Å². The lowest BCUT2D eigenvalue weighted by atomic mass is 10.3. The van der Waals surface area contributed by atoms with E-state index in [1.807, 2.05) is 5.32 Å². The van der Waals surface area contributed by atoms with E-state index < -0.39 is 11.9 Å². The van der Waals surface area contributed by atoms with E-state index in [2.05, 4.69) is 5.32 Å². The third-order valence-electron chi connectivity index (χ3n) is 1.81. The number of hydrogen-bond acceptors (Lipinski definition) is 3. The summed E-state index contributed by atoms with van der Waals surface area (Å²) in [5.74, 6) is -0.408. The number of rotatable bonds is 3. The first-order valence-corrected chi connectivity index (χ1v) is 5.86. The van der Waals surface area contributed by atoms with Gasteiger partial charge < -0.3 is 10.1 Å². The van der Waals surface area contributed by atoms with Crippen molar-refractivity contribution >= 4 is 46.7 Å². The molecule has 2 N–H and O–H groups in total. The van der Waals surface area contributed by atoms with Crippen molar-refractivity contribution in [1.29, 1.82) is 0 Å². The van der Waals surface area contributed by atoms with Gasteiger partial charge in [-0.25, -0.2) is 4.79 Å². The lowest BCUT2D eigenvalue weighted by Crippen LogP contribution is -2.39. The summed E-state index contributed by atoms with van der Waals surface area (Å²) in [5.41, 5.74) is 0. The molecule has 0 atom stereocenters. The molecule has 5 nitrogen and oxygen atoms in total. The molecule has 0 saturated carbocycles. The highest BCUT2D eigenvalue weighted by Crippen LogP contribution is 2.33. The van der Waals surface area contributed by atoms with E-state index >= 15 is 0 Å². The van der Waals surface area contributed by atoms with Crippen LogP contribution in [0.1, 0.15) is 0 Å². The molecule has 0 aromatic heterocycles. The summed E-state index contributed by atoms with van der Waals surface area (Å²) >= 11 is 17.3. The Morgan fingerprint density at radius 1 is 1.17 bits per heavy atom. The minimum Gasteiger partial charge on any atom is -0.482 e. The lowest BCUT2D eigenvalue weighted by molar-refractivity contribution is -0.121. The molecule has 3 amide bonds. The Morgan fingerprint density at radius 2 is 1.78 bits per heavy atom. The van der Waals surface area contributed by atoms with Gasteiger partial charge in [0, 0.05) is 13.1 Å². The van der Waals surface area contributed by atoms with Crippen LogP contribution in [0, 0.1) is 0 Å². The van der Waals surface area contributed by atoms with Crippen LogP contribution in [0.4, 0.5) is 4.79 Å². The number of nitrogens with one attached hydrogen (secondary N) is 2. The molecule has 0 spiro atoms. The van der Waals surface area contributed by atoms with Gasteiger partial charge in [-0.05, 0) is 6.07 Å². The number of ether oxygens (including phenoxy) is 1. The van der Waals surface area contributed by atoms with Crippen molar-refractivity contribution in [2.75, 3.05) is 13.7 Å². The van der Waals surface area contributed by atoms with Crippen molar-refractivity contribution in [3.63, 3.8) is 0 Å². The standard InChI is InChI=1S/C10H9Cl3N2O3/c1-14-10(17)15-9(16)4-18-8-3-6(12)5(11)2-7(8)13/h2-3H,4H2,1H3,(H2,14,15,16,17). The van der Waals surface area contributed by atoms with Crippen LogP contribution in [0.25, 0.3) is 0 Å². The molecule has 18 heavy (non-hydrogen) atoms. The highest BCUT2D eigenvalue weighted by atomic mass is 35.5. The molecule has 8 heteroatoms. The Labute approximate surface area is 118 Å². The van der Waals surface area contributed by atoms with Crippen LogP contribution in [0.2, 0.25) is 15.1 Å². The predicted molar refractivity (Wildman–Crippen MR) is 69.6 cm³/mol. The average molecular weight is 312 g/mol. The number of hydrogen-bond donors (Lipinski definition) is 2. The van der Waals surface area contributed by atoms with Gasteiger partial charge >= 0.3 is 6.03 Å².